The topological polar surface area (TPSA) is 234 Å². The minimum absolute atomic E-state index is 0.0929. The third kappa shape index (κ3) is 4.23. The van der Waals surface area contributed by atoms with Crippen LogP contribution in [-0.4, -0.2) is 49.5 Å². The number of hydrogen-bond donors (Lipinski definition) is 6. The van der Waals surface area contributed by atoms with Crippen LogP contribution in [-0.2, 0) is 40.1 Å². The van der Waals surface area contributed by atoms with Crippen molar-refractivity contribution in [3.8, 4) is 0 Å². The van der Waals surface area contributed by atoms with Crippen LogP contribution in [0.5, 0.6) is 0 Å². The van der Waals surface area contributed by atoms with Gasteiger partial charge in [-0.05, 0) is 23.3 Å². The average molecular weight is 530 g/mol. The summed E-state index contributed by atoms with van der Waals surface area (Å²) in [5.74, 6) is 0. The molecule has 0 saturated carbocycles. The van der Waals surface area contributed by atoms with Crippen LogP contribution in [0.3, 0.4) is 0 Å². The zero-order chi connectivity index (χ0) is 24.1. The monoisotopic (exact) mass is 530 g/mol. The van der Waals surface area contributed by atoms with Crippen molar-refractivity contribution in [2.75, 3.05) is 0 Å². The molecule has 2 unspecified atom stereocenters. The molecule has 0 aliphatic carbocycles. The van der Waals surface area contributed by atoms with Crippen LogP contribution in [0.15, 0.2) is 49.1 Å². The highest BCUT2D eigenvalue weighted by atomic mass is 31.3. The number of hydrogen-bond acceptors (Lipinski definition) is 8. The van der Waals surface area contributed by atoms with Gasteiger partial charge >= 0.3 is 30.4 Å². The Morgan fingerprint density at radius 1 is 0.781 bits per heavy atom. The summed E-state index contributed by atoms with van der Waals surface area (Å²) in [7, 11) is -23.6. The predicted molar refractivity (Wildman–Crippen MR) is 107 cm³/mol. The second-order valence-electron chi connectivity index (χ2n) is 6.87. The molecule has 0 amide bonds. The quantitative estimate of drug-likeness (QED) is 0.289. The summed E-state index contributed by atoms with van der Waals surface area (Å²) in [6.07, 6.45) is 2.40. The van der Waals surface area contributed by atoms with Crippen LogP contribution in [0.1, 0.15) is 11.1 Å². The Labute approximate surface area is 180 Å². The Balaban J connectivity index is 2.23. The van der Waals surface area contributed by atoms with Crippen molar-refractivity contribution in [2.24, 2.45) is 0 Å². The Kier molecular flexibility index (Phi) is 6.61. The van der Waals surface area contributed by atoms with Gasteiger partial charge in [-0.3, -0.25) is 37.3 Å². The van der Waals surface area contributed by atoms with Crippen LogP contribution < -0.4 is 0 Å². The molecular weight excluding hydrogens is 512 g/mol. The molecule has 3 rings (SSSR count). The molecule has 14 nitrogen and oxygen atoms in total. The maximum absolute atomic E-state index is 13.2. The van der Waals surface area contributed by atoms with E-state index in [1.54, 1.807) is 0 Å². The lowest BCUT2D eigenvalue weighted by Gasteiger charge is -2.49. The SMILES string of the molecule is O=P(O)(O)[C@@]1(Cc2cccnc2)OP(=O)(O)[C@@](Cc2cccnc2)(P(=O)(O)O)OP1(=O)O. The number of aromatic nitrogens is 2. The molecular formula is C14H18N2O12P4. The van der Waals surface area contributed by atoms with Crippen molar-refractivity contribution in [1.82, 2.24) is 9.97 Å². The summed E-state index contributed by atoms with van der Waals surface area (Å²) in [4.78, 5) is 68.2. The van der Waals surface area contributed by atoms with Gasteiger partial charge in [0, 0.05) is 37.6 Å². The molecule has 2 aromatic rings. The van der Waals surface area contributed by atoms with E-state index in [0.717, 1.165) is 12.4 Å². The number of nitrogens with zero attached hydrogens (tertiary/aromatic N) is 2. The Morgan fingerprint density at radius 3 is 1.38 bits per heavy atom. The molecule has 0 radical (unpaired) electrons. The van der Waals surface area contributed by atoms with E-state index < -0.39 is 53.4 Å². The Hall–Kier alpha value is -1.10. The lowest BCUT2D eigenvalue weighted by molar-refractivity contribution is 0.0392. The summed E-state index contributed by atoms with van der Waals surface area (Å²) >= 11 is 0. The highest BCUT2D eigenvalue weighted by Crippen LogP contribution is 2.89. The summed E-state index contributed by atoms with van der Waals surface area (Å²) < 4.78 is 60.5. The van der Waals surface area contributed by atoms with E-state index >= 15 is 0 Å². The molecule has 4 atom stereocenters. The van der Waals surface area contributed by atoms with E-state index in [1.807, 2.05) is 0 Å². The van der Waals surface area contributed by atoms with Crippen LogP contribution in [0, 0.1) is 0 Å². The van der Waals surface area contributed by atoms with Crippen LogP contribution >= 0.6 is 30.4 Å². The fourth-order valence-electron chi connectivity index (χ4n) is 3.09. The standard InChI is InChI=1S/C14H18N2O12P4/c17-29(18,19)13(7-11-3-1-5-15-9-11)27-32(25,26)14(30(20,21)22,28-31(13,23)24)8-12-4-2-6-16-10-12/h1-6,9-10H,7-8H2,(H,23,24)(H,25,26)(H2,17,18,19)(H2,20,21,22)/t13-,14-/m1/s1. The summed E-state index contributed by atoms with van der Waals surface area (Å²) in [6, 6.07) is 5.10. The minimum atomic E-state index is -5.92. The molecule has 0 bridgehead atoms. The molecule has 1 saturated heterocycles. The smallest absolute Gasteiger partial charge is 0.322 e. The van der Waals surface area contributed by atoms with Gasteiger partial charge in [-0.25, -0.2) is 0 Å². The first-order valence-electron chi connectivity index (χ1n) is 8.53. The maximum atomic E-state index is 13.2. The fourth-order valence-corrected chi connectivity index (χ4v) is 11.7. The molecule has 0 spiro atoms. The van der Waals surface area contributed by atoms with Gasteiger partial charge in [-0.2, -0.15) is 0 Å². The molecule has 6 N–H and O–H groups in total. The second-order valence-corrected chi connectivity index (χ2v) is 15.1. The average Bonchev–Trinajstić information content (AvgIpc) is 2.65. The van der Waals surface area contributed by atoms with Gasteiger partial charge in [0.25, 0.3) is 10.2 Å². The molecule has 1 fully saturated rings. The maximum Gasteiger partial charge on any atom is 0.374 e. The van der Waals surface area contributed by atoms with Crippen LogP contribution in [0.25, 0.3) is 0 Å². The van der Waals surface area contributed by atoms with Crippen molar-refractivity contribution < 1.29 is 56.7 Å². The molecule has 18 heteroatoms. The van der Waals surface area contributed by atoms with E-state index in [1.165, 1.54) is 36.7 Å². The van der Waals surface area contributed by atoms with Crippen LogP contribution in [0.4, 0.5) is 0 Å². The van der Waals surface area contributed by atoms with Crippen molar-refractivity contribution in [2.45, 2.75) is 23.0 Å². The summed E-state index contributed by atoms with van der Waals surface area (Å²) in [5.41, 5.74) is -0.186. The van der Waals surface area contributed by atoms with Gasteiger partial charge in [0.2, 0.25) is 0 Å². The van der Waals surface area contributed by atoms with Gasteiger partial charge in [-0.15, -0.1) is 0 Å². The zero-order valence-electron chi connectivity index (χ0n) is 15.8. The van der Waals surface area contributed by atoms with Gasteiger partial charge < -0.3 is 29.4 Å². The minimum Gasteiger partial charge on any atom is -0.322 e. The molecule has 176 valence electrons. The van der Waals surface area contributed by atoms with Gasteiger partial charge in [0.15, 0.2) is 0 Å². The Morgan fingerprint density at radius 2 is 1.12 bits per heavy atom. The van der Waals surface area contributed by atoms with E-state index in [2.05, 4.69) is 9.97 Å². The third-order valence-corrected chi connectivity index (χ3v) is 14.0. The third-order valence-electron chi connectivity index (χ3n) is 4.65. The first-order valence-corrected chi connectivity index (χ1v) is 14.9. The van der Waals surface area contributed by atoms with Gasteiger partial charge in [-0.1, -0.05) is 12.1 Å². The molecule has 3 heterocycles. The predicted octanol–water partition coefficient (Wildman–Crippen LogP) is 1.34. The largest absolute Gasteiger partial charge is 0.374 e. The van der Waals surface area contributed by atoms with Gasteiger partial charge in [0.05, 0.1) is 0 Å². The highest BCUT2D eigenvalue weighted by Gasteiger charge is 2.79. The Bertz CT molecular complexity index is 1090. The first-order chi connectivity index (χ1) is 14.6. The van der Waals surface area contributed by atoms with E-state index in [4.69, 9.17) is 9.05 Å². The van der Waals surface area contributed by atoms with E-state index in [0.29, 0.717) is 0 Å². The highest BCUT2D eigenvalue weighted by molar-refractivity contribution is 7.78. The van der Waals surface area contributed by atoms with Crippen molar-refractivity contribution in [3.63, 3.8) is 0 Å². The first kappa shape index (κ1) is 25.5. The van der Waals surface area contributed by atoms with E-state index in [9.17, 15) is 47.6 Å². The fraction of sp³-hybridized carbons (Fsp3) is 0.286. The van der Waals surface area contributed by atoms with Crippen molar-refractivity contribution in [1.29, 1.82) is 0 Å². The molecule has 32 heavy (non-hydrogen) atoms. The molecule has 1 aliphatic rings. The van der Waals surface area contributed by atoms with Crippen LogP contribution in [0.2, 0.25) is 0 Å². The molecule has 1 aliphatic heterocycles. The normalized spacial score (nSPS) is 33.7. The van der Waals surface area contributed by atoms with Gasteiger partial charge in [0.1, 0.15) is 0 Å². The second kappa shape index (κ2) is 8.29. The summed E-state index contributed by atoms with van der Waals surface area (Å²) in [5, 5.41) is -7.28. The lowest BCUT2D eigenvalue weighted by atomic mass is 10.2. The van der Waals surface area contributed by atoms with Crippen molar-refractivity contribution in [3.05, 3.63) is 60.2 Å². The lowest BCUT2D eigenvalue weighted by Crippen LogP contribution is -2.48. The summed E-state index contributed by atoms with van der Waals surface area (Å²) in [6.45, 7) is 0. The van der Waals surface area contributed by atoms with E-state index in [-0.39, 0.29) is 11.1 Å². The van der Waals surface area contributed by atoms with Crippen molar-refractivity contribution >= 4 is 30.4 Å². The molecule has 2 aromatic heterocycles. The zero-order valence-corrected chi connectivity index (χ0v) is 19.4. The number of rotatable bonds is 6. The number of pyridine rings is 2. The molecule has 0 aromatic carbocycles.